The van der Waals surface area contributed by atoms with Gasteiger partial charge in [-0.3, -0.25) is 0 Å². The van der Waals surface area contributed by atoms with Crippen LogP contribution in [0.3, 0.4) is 0 Å². The van der Waals surface area contributed by atoms with Gasteiger partial charge < -0.3 is 15.4 Å². The Morgan fingerprint density at radius 3 is 2.93 bits per heavy atom. The van der Waals surface area contributed by atoms with Crippen molar-refractivity contribution in [1.82, 2.24) is 10.6 Å². The summed E-state index contributed by atoms with van der Waals surface area (Å²) in [6.45, 7) is 10.00. The highest BCUT2D eigenvalue weighted by atomic mass is 16.5. The highest BCUT2D eigenvalue weighted by molar-refractivity contribution is 4.85. The molecule has 3 heteroatoms. The maximum Gasteiger partial charge on any atom is 0.0779 e. The maximum atomic E-state index is 5.75. The molecule has 0 aromatic heterocycles. The van der Waals surface area contributed by atoms with Crippen molar-refractivity contribution in [2.75, 3.05) is 32.8 Å². The Kier molecular flexibility index (Phi) is 3.65. The van der Waals surface area contributed by atoms with E-state index in [1.54, 1.807) is 0 Å². The molecule has 2 N–H and O–H groups in total. The summed E-state index contributed by atoms with van der Waals surface area (Å²) >= 11 is 0. The van der Waals surface area contributed by atoms with Crippen LogP contribution in [0.2, 0.25) is 0 Å². The normalized spacial score (nSPS) is 41.2. The maximum absolute atomic E-state index is 5.75. The summed E-state index contributed by atoms with van der Waals surface area (Å²) in [6.07, 6.45) is 2.43. The Hall–Kier alpha value is -0.120. The van der Waals surface area contributed by atoms with Crippen LogP contribution in [0.15, 0.2) is 0 Å². The zero-order valence-corrected chi connectivity index (χ0v) is 10.0. The number of hydrogen-bond donors (Lipinski definition) is 2. The van der Waals surface area contributed by atoms with Crippen LogP contribution in [0.5, 0.6) is 0 Å². The van der Waals surface area contributed by atoms with E-state index in [0.29, 0.717) is 0 Å². The van der Waals surface area contributed by atoms with E-state index in [1.807, 2.05) is 0 Å². The van der Waals surface area contributed by atoms with E-state index < -0.39 is 0 Å². The quantitative estimate of drug-likeness (QED) is 0.729. The molecule has 0 bridgehead atoms. The Balaban J connectivity index is 1.65. The molecule has 2 saturated heterocycles. The molecule has 2 heterocycles. The largest absolute Gasteiger partial charge is 0.374 e. The summed E-state index contributed by atoms with van der Waals surface area (Å²) in [7, 11) is 0. The standard InChI is InChI=1S/C12H24N2O/c1-10-6-13-7-11(10)8-14-9-12(2)4-3-5-15-12/h10-11,13-14H,3-9H2,1-2H3. The predicted molar refractivity (Wildman–Crippen MR) is 62.0 cm³/mol. The van der Waals surface area contributed by atoms with E-state index in [1.165, 1.54) is 25.9 Å². The van der Waals surface area contributed by atoms with E-state index in [9.17, 15) is 0 Å². The summed E-state index contributed by atoms with van der Waals surface area (Å²) in [6, 6.07) is 0. The average molecular weight is 212 g/mol. The molecule has 0 aromatic rings. The molecule has 2 aliphatic rings. The van der Waals surface area contributed by atoms with Gasteiger partial charge in [0, 0.05) is 13.2 Å². The van der Waals surface area contributed by atoms with E-state index in [2.05, 4.69) is 24.5 Å². The molecule has 0 saturated carbocycles. The number of hydrogen-bond acceptors (Lipinski definition) is 3. The third kappa shape index (κ3) is 2.92. The summed E-state index contributed by atoms with van der Waals surface area (Å²) in [5.41, 5.74) is 0.106. The number of rotatable bonds is 4. The van der Waals surface area contributed by atoms with E-state index in [4.69, 9.17) is 4.74 Å². The summed E-state index contributed by atoms with van der Waals surface area (Å²) in [5, 5.41) is 7.01. The highest BCUT2D eigenvalue weighted by Crippen LogP contribution is 2.24. The lowest BCUT2D eigenvalue weighted by Crippen LogP contribution is -2.40. The second kappa shape index (κ2) is 4.81. The predicted octanol–water partition coefficient (Wildman–Crippen LogP) is 1.00. The van der Waals surface area contributed by atoms with Crippen LogP contribution >= 0.6 is 0 Å². The molecule has 0 aromatic carbocycles. The zero-order valence-electron chi connectivity index (χ0n) is 10.0. The molecule has 2 fully saturated rings. The lowest BCUT2D eigenvalue weighted by molar-refractivity contribution is 0.0202. The fraction of sp³-hybridized carbons (Fsp3) is 1.00. The van der Waals surface area contributed by atoms with E-state index in [-0.39, 0.29) is 5.60 Å². The summed E-state index contributed by atoms with van der Waals surface area (Å²) in [4.78, 5) is 0. The first kappa shape index (κ1) is 11.4. The molecule has 3 nitrogen and oxygen atoms in total. The third-order valence-electron chi connectivity index (χ3n) is 3.88. The van der Waals surface area contributed by atoms with E-state index >= 15 is 0 Å². The minimum absolute atomic E-state index is 0.106. The van der Waals surface area contributed by atoms with Gasteiger partial charge in [0.1, 0.15) is 0 Å². The lowest BCUT2D eigenvalue weighted by atomic mass is 9.97. The molecule has 0 spiro atoms. The average Bonchev–Trinajstić information content (AvgIpc) is 2.78. The minimum atomic E-state index is 0.106. The van der Waals surface area contributed by atoms with Crippen molar-refractivity contribution in [3.8, 4) is 0 Å². The molecule has 88 valence electrons. The van der Waals surface area contributed by atoms with Gasteiger partial charge in [0.15, 0.2) is 0 Å². The van der Waals surface area contributed by atoms with Crippen LogP contribution in [-0.4, -0.2) is 38.4 Å². The van der Waals surface area contributed by atoms with Gasteiger partial charge >= 0.3 is 0 Å². The first-order valence-corrected chi connectivity index (χ1v) is 6.25. The molecule has 2 aliphatic heterocycles. The monoisotopic (exact) mass is 212 g/mol. The summed E-state index contributed by atoms with van der Waals surface area (Å²) < 4.78 is 5.75. The SMILES string of the molecule is CC1CNCC1CNCC1(C)CCCO1. The molecule has 0 aliphatic carbocycles. The van der Waals surface area contributed by atoms with Crippen LogP contribution in [0.1, 0.15) is 26.7 Å². The van der Waals surface area contributed by atoms with Crippen molar-refractivity contribution in [1.29, 1.82) is 0 Å². The Morgan fingerprint density at radius 2 is 2.33 bits per heavy atom. The number of nitrogens with one attached hydrogen (secondary N) is 2. The molecule has 0 amide bonds. The molecular formula is C12H24N2O. The topological polar surface area (TPSA) is 33.3 Å². The smallest absolute Gasteiger partial charge is 0.0779 e. The van der Waals surface area contributed by atoms with Crippen LogP contribution in [0.25, 0.3) is 0 Å². The molecule has 3 atom stereocenters. The van der Waals surface area contributed by atoms with Gasteiger partial charge in [0.2, 0.25) is 0 Å². The first-order valence-electron chi connectivity index (χ1n) is 6.25. The Bertz CT molecular complexity index is 202. The second-order valence-electron chi connectivity index (χ2n) is 5.43. The minimum Gasteiger partial charge on any atom is -0.374 e. The van der Waals surface area contributed by atoms with Crippen molar-refractivity contribution in [3.63, 3.8) is 0 Å². The first-order chi connectivity index (χ1) is 7.20. The molecule has 3 unspecified atom stereocenters. The highest BCUT2D eigenvalue weighted by Gasteiger charge is 2.30. The van der Waals surface area contributed by atoms with Gasteiger partial charge in [-0.1, -0.05) is 6.92 Å². The van der Waals surface area contributed by atoms with Crippen LogP contribution in [0.4, 0.5) is 0 Å². The summed E-state index contributed by atoms with van der Waals surface area (Å²) in [5.74, 6) is 1.62. The third-order valence-corrected chi connectivity index (χ3v) is 3.88. The zero-order chi connectivity index (χ0) is 10.7. The van der Waals surface area contributed by atoms with Crippen molar-refractivity contribution in [2.24, 2.45) is 11.8 Å². The van der Waals surface area contributed by atoms with E-state index in [0.717, 1.165) is 31.5 Å². The van der Waals surface area contributed by atoms with Crippen molar-refractivity contribution >= 4 is 0 Å². The van der Waals surface area contributed by atoms with Crippen LogP contribution < -0.4 is 10.6 Å². The van der Waals surface area contributed by atoms with Gasteiger partial charge in [0.25, 0.3) is 0 Å². The van der Waals surface area contributed by atoms with Gasteiger partial charge in [-0.05, 0) is 51.2 Å². The molecule has 0 radical (unpaired) electrons. The van der Waals surface area contributed by atoms with Crippen LogP contribution in [-0.2, 0) is 4.74 Å². The van der Waals surface area contributed by atoms with Crippen molar-refractivity contribution < 1.29 is 4.74 Å². The van der Waals surface area contributed by atoms with Gasteiger partial charge in [-0.15, -0.1) is 0 Å². The van der Waals surface area contributed by atoms with Crippen molar-refractivity contribution in [2.45, 2.75) is 32.3 Å². The fourth-order valence-corrected chi connectivity index (χ4v) is 2.64. The molecular weight excluding hydrogens is 188 g/mol. The molecule has 15 heavy (non-hydrogen) atoms. The fourth-order valence-electron chi connectivity index (χ4n) is 2.64. The number of ether oxygens (including phenoxy) is 1. The second-order valence-corrected chi connectivity index (χ2v) is 5.43. The van der Waals surface area contributed by atoms with Crippen LogP contribution in [0, 0.1) is 11.8 Å². The van der Waals surface area contributed by atoms with Gasteiger partial charge in [0.05, 0.1) is 5.60 Å². The Labute approximate surface area is 93.0 Å². The lowest BCUT2D eigenvalue weighted by Gasteiger charge is -2.25. The van der Waals surface area contributed by atoms with Crippen molar-refractivity contribution in [3.05, 3.63) is 0 Å². The van der Waals surface area contributed by atoms with Gasteiger partial charge in [-0.25, -0.2) is 0 Å². The van der Waals surface area contributed by atoms with Gasteiger partial charge in [-0.2, -0.15) is 0 Å². The molecule has 2 rings (SSSR count). The Morgan fingerprint density at radius 1 is 1.47 bits per heavy atom.